The Morgan fingerprint density at radius 3 is 2.31 bits per heavy atom. The second-order valence-corrected chi connectivity index (χ2v) is 6.50. The lowest BCUT2D eigenvalue weighted by Gasteiger charge is -2.15. The van der Waals surface area contributed by atoms with E-state index in [1.165, 1.54) is 0 Å². The number of halogens is 2. The third-order valence-corrected chi connectivity index (χ3v) is 4.55. The Hall–Kier alpha value is -2.75. The zero-order valence-electron chi connectivity index (χ0n) is 13.6. The summed E-state index contributed by atoms with van der Waals surface area (Å²) < 4.78 is 6.08. The molecule has 1 heterocycles. The van der Waals surface area contributed by atoms with E-state index in [0.717, 1.165) is 22.3 Å². The normalized spacial score (nSPS) is 10.7. The van der Waals surface area contributed by atoms with Crippen LogP contribution in [-0.2, 0) is 0 Å². The van der Waals surface area contributed by atoms with Crippen molar-refractivity contribution in [2.24, 2.45) is 0 Å². The van der Waals surface area contributed by atoms with Crippen LogP contribution < -0.4 is 10.1 Å². The molecule has 0 aliphatic heterocycles. The number of anilines is 2. The molecule has 0 unspecified atom stereocenters. The third kappa shape index (κ3) is 3.45. The Morgan fingerprint density at radius 2 is 1.50 bits per heavy atom. The number of nitrogens with zero attached hydrogens (tertiary/aromatic N) is 1. The van der Waals surface area contributed by atoms with Gasteiger partial charge in [0.2, 0.25) is 0 Å². The molecule has 3 nitrogen and oxygen atoms in total. The third-order valence-electron chi connectivity index (χ3n) is 3.90. The summed E-state index contributed by atoms with van der Waals surface area (Å²) in [7, 11) is 0. The average Bonchev–Trinajstić information content (AvgIpc) is 2.66. The summed E-state index contributed by atoms with van der Waals surface area (Å²) in [4.78, 5) is 4.40. The summed E-state index contributed by atoms with van der Waals surface area (Å²) >= 11 is 12.5. The first kappa shape index (κ1) is 16.7. The number of para-hydroxylation sites is 2. The highest BCUT2D eigenvalue weighted by atomic mass is 35.5. The van der Waals surface area contributed by atoms with E-state index in [9.17, 15) is 0 Å². The molecule has 4 rings (SSSR count). The van der Waals surface area contributed by atoms with Crippen LogP contribution in [-0.4, -0.2) is 4.98 Å². The van der Waals surface area contributed by atoms with Crippen molar-refractivity contribution >= 4 is 45.5 Å². The van der Waals surface area contributed by atoms with Crippen molar-refractivity contribution in [3.8, 4) is 11.5 Å². The van der Waals surface area contributed by atoms with Crippen LogP contribution in [0.1, 0.15) is 0 Å². The number of benzene rings is 3. The van der Waals surface area contributed by atoms with Gasteiger partial charge in [0.15, 0.2) is 5.75 Å². The Labute approximate surface area is 161 Å². The minimum absolute atomic E-state index is 0.539. The molecule has 4 aromatic rings. The highest BCUT2D eigenvalue weighted by Gasteiger charge is 2.11. The molecule has 3 aromatic carbocycles. The van der Waals surface area contributed by atoms with Crippen LogP contribution in [0.5, 0.6) is 11.5 Å². The molecule has 0 aliphatic carbocycles. The summed E-state index contributed by atoms with van der Waals surface area (Å²) in [6.45, 7) is 0. The van der Waals surface area contributed by atoms with Crippen LogP contribution in [0.3, 0.4) is 0 Å². The molecule has 0 saturated heterocycles. The molecule has 26 heavy (non-hydrogen) atoms. The lowest BCUT2D eigenvalue weighted by atomic mass is 10.1. The Morgan fingerprint density at radius 1 is 0.731 bits per heavy atom. The summed E-state index contributed by atoms with van der Waals surface area (Å²) in [5.41, 5.74) is 2.40. The first-order chi connectivity index (χ1) is 12.7. The van der Waals surface area contributed by atoms with Gasteiger partial charge in [-0.25, -0.2) is 0 Å². The second kappa shape index (κ2) is 7.24. The van der Waals surface area contributed by atoms with Gasteiger partial charge in [-0.2, -0.15) is 0 Å². The molecule has 0 bridgehead atoms. The van der Waals surface area contributed by atoms with E-state index >= 15 is 0 Å². The highest BCUT2D eigenvalue weighted by Crippen LogP contribution is 2.38. The number of aromatic nitrogens is 1. The number of rotatable bonds is 4. The molecule has 1 aromatic heterocycles. The van der Waals surface area contributed by atoms with Crippen molar-refractivity contribution in [1.29, 1.82) is 0 Å². The first-order valence-corrected chi connectivity index (χ1v) is 8.79. The lowest BCUT2D eigenvalue weighted by Crippen LogP contribution is -1.96. The van der Waals surface area contributed by atoms with Crippen molar-refractivity contribution < 1.29 is 4.74 Å². The van der Waals surface area contributed by atoms with E-state index in [2.05, 4.69) is 10.3 Å². The Balaban J connectivity index is 1.81. The SMILES string of the molecule is Clc1ccccc1Nc1cc2cccnc2cc1Oc1ccccc1Cl. The molecule has 0 fully saturated rings. The van der Waals surface area contributed by atoms with E-state index < -0.39 is 0 Å². The van der Waals surface area contributed by atoms with Gasteiger partial charge in [0.25, 0.3) is 0 Å². The number of hydrogen-bond acceptors (Lipinski definition) is 3. The van der Waals surface area contributed by atoms with Gasteiger partial charge in [0.05, 0.1) is 26.9 Å². The number of ether oxygens (including phenoxy) is 1. The van der Waals surface area contributed by atoms with Crippen molar-refractivity contribution in [2.75, 3.05) is 5.32 Å². The topological polar surface area (TPSA) is 34.2 Å². The molecule has 1 N–H and O–H groups in total. The molecule has 0 radical (unpaired) electrons. The van der Waals surface area contributed by atoms with Gasteiger partial charge < -0.3 is 10.1 Å². The quantitative estimate of drug-likeness (QED) is 0.410. The Bertz CT molecular complexity index is 996. The van der Waals surface area contributed by atoms with Gasteiger partial charge >= 0.3 is 0 Å². The summed E-state index contributed by atoms with van der Waals surface area (Å²) in [6.07, 6.45) is 1.75. The molecule has 128 valence electrons. The average molecular weight is 381 g/mol. The molecule has 0 saturated carbocycles. The fourth-order valence-corrected chi connectivity index (χ4v) is 2.99. The molecule has 0 spiro atoms. The van der Waals surface area contributed by atoms with Crippen molar-refractivity contribution in [3.63, 3.8) is 0 Å². The minimum Gasteiger partial charge on any atom is -0.454 e. The van der Waals surface area contributed by atoms with Crippen LogP contribution in [0.2, 0.25) is 10.0 Å². The Kier molecular flexibility index (Phi) is 4.65. The predicted octanol–water partition coefficient (Wildman–Crippen LogP) is 7.08. The number of pyridine rings is 1. The monoisotopic (exact) mass is 380 g/mol. The molecule has 0 amide bonds. The van der Waals surface area contributed by atoms with Gasteiger partial charge in [-0.1, -0.05) is 53.5 Å². The van der Waals surface area contributed by atoms with Crippen molar-refractivity contribution in [1.82, 2.24) is 4.98 Å². The van der Waals surface area contributed by atoms with Crippen molar-refractivity contribution in [2.45, 2.75) is 0 Å². The van der Waals surface area contributed by atoms with E-state index in [4.69, 9.17) is 27.9 Å². The maximum Gasteiger partial charge on any atom is 0.153 e. The van der Waals surface area contributed by atoms with E-state index in [1.807, 2.05) is 66.7 Å². The zero-order chi connectivity index (χ0) is 17.9. The van der Waals surface area contributed by atoms with Gasteiger partial charge in [-0.05, 0) is 36.4 Å². The van der Waals surface area contributed by atoms with Crippen LogP contribution in [0.15, 0.2) is 79.0 Å². The number of nitrogens with one attached hydrogen (secondary N) is 1. The summed E-state index contributed by atoms with van der Waals surface area (Å²) in [5.74, 6) is 1.19. The van der Waals surface area contributed by atoms with E-state index in [1.54, 1.807) is 12.3 Å². The van der Waals surface area contributed by atoms with E-state index in [0.29, 0.717) is 21.5 Å². The summed E-state index contributed by atoms with van der Waals surface area (Å²) in [5, 5.41) is 5.51. The molecular formula is C21H14Cl2N2O. The van der Waals surface area contributed by atoms with Crippen LogP contribution >= 0.6 is 23.2 Å². The largest absolute Gasteiger partial charge is 0.454 e. The maximum absolute atomic E-state index is 6.29. The fraction of sp³-hybridized carbons (Fsp3) is 0. The van der Waals surface area contributed by atoms with Crippen LogP contribution in [0, 0.1) is 0 Å². The minimum atomic E-state index is 0.539. The fourth-order valence-electron chi connectivity index (χ4n) is 2.64. The van der Waals surface area contributed by atoms with Crippen molar-refractivity contribution in [3.05, 3.63) is 89.0 Å². The highest BCUT2D eigenvalue weighted by molar-refractivity contribution is 6.33. The molecular weight excluding hydrogens is 367 g/mol. The first-order valence-electron chi connectivity index (χ1n) is 8.03. The number of fused-ring (bicyclic) bond motifs is 1. The predicted molar refractivity (Wildman–Crippen MR) is 108 cm³/mol. The standard InChI is InChI=1S/C21H14Cl2N2O/c22-15-7-1-3-9-17(15)25-19-12-14-6-5-11-24-18(14)13-21(19)26-20-10-4-2-8-16(20)23/h1-13,25H. The molecule has 0 atom stereocenters. The second-order valence-electron chi connectivity index (χ2n) is 5.68. The number of hydrogen-bond donors (Lipinski definition) is 1. The van der Waals surface area contributed by atoms with Crippen LogP contribution in [0.25, 0.3) is 10.9 Å². The van der Waals surface area contributed by atoms with Gasteiger partial charge in [-0.3, -0.25) is 4.98 Å². The van der Waals surface area contributed by atoms with Gasteiger partial charge in [-0.15, -0.1) is 0 Å². The summed E-state index contributed by atoms with van der Waals surface area (Å²) in [6, 6.07) is 22.7. The molecule has 0 aliphatic rings. The molecule has 5 heteroatoms. The zero-order valence-corrected chi connectivity index (χ0v) is 15.1. The lowest BCUT2D eigenvalue weighted by molar-refractivity contribution is 0.486. The smallest absolute Gasteiger partial charge is 0.153 e. The van der Waals surface area contributed by atoms with Crippen LogP contribution in [0.4, 0.5) is 11.4 Å². The maximum atomic E-state index is 6.29. The van der Waals surface area contributed by atoms with Gasteiger partial charge in [0, 0.05) is 17.6 Å². The van der Waals surface area contributed by atoms with E-state index in [-0.39, 0.29) is 0 Å². The van der Waals surface area contributed by atoms with Gasteiger partial charge in [0.1, 0.15) is 5.75 Å².